The molecule has 0 heterocycles. The number of hydrogen-bond donors (Lipinski definition) is 0. The molecule has 4 nitrogen and oxygen atoms in total. The van der Waals surface area contributed by atoms with Crippen LogP contribution in [0.4, 0.5) is 45.5 Å². The van der Waals surface area contributed by atoms with Crippen molar-refractivity contribution in [2.24, 2.45) is 0 Å². The first-order chi connectivity index (χ1) is 43.6. The molecule has 2 unspecified atom stereocenters. The van der Waals surface area contributed by atoms with Gasteiger partial charge >= 0.3 is 0 Å². The molecule has 0 amide bonds. The average molecular weight is 1130 g/mol. The zero-order valence-corrected chi connectivity index (χ0v) is 49.0. The summed E-state index contributed by atoms with van der Waals surface area (Å²) in [5, 5.41) is 0. The zero-order valence-electron chi connectivity index (χ0n) is 49.0. The highest BCUT2D eigenvalue weighted by Crippen LogP contribution is 2.50. The van der Waals surface area contributed by atoms with E-state index in [2.05, 4.69) is 396 Å². The Kier molecular flexibility index (Phi) is 15.4. The summed E-state index contributed by atoms with van der Waals surface area (Å²) < 4.78 is 0. The molecule has 2 aliphatic rings. The first kappa shape index (κ1) is 54.7. The van der Waals surface area contributed by atoms with Gasteiger partial charge in [0.25, 0.3) is 0 Å². The highest BCUT2D eigenvalue weighted by Gasteiger charge is 2.45. The van der Waals surface area contributed by atoms with Crippen LogP contribution in [0.25, 0.3) is 44.5 Å². The van der Waals surface area contributed by atoms with E-state index in [1.165, 1.54) is 33.4 Å². The molecule has 2 atom stereocenters. The van der Waals surface area contributed by atoms with Crippen LogP contribution in [0.15, 0.2) is 376 Å². The predicted octanol–water partition coefficient (Wildman–Crippen LogP) is 22.1. The van der Waals surface area contributed by atoms with E-state index in [0.717, 1.165) is 67.8 Å². The molecule has 12 aromatic rings. The van der Waals surface area contributed by atoms with Crippen LogP contribution in [-0.2, 0) is 0 Å². The fourth-order valence-electron chi connectivity index (χ4n) is 13.0. The maximum absolute atomic E-state index is 2.52. The summed E-state index contributed by atoms with van der Waals surface area (Å²) in [7, 11) is 0. The summed E-state index contributed by atoms with van der Waals surface area (Å²) in [6, 6.07) is 123. The van der Waals surface area contributed by atoms with Gasteiger partial charge in [-0.3, -0.25) is 0 Å². The molecular weight excluding hydrogens is 1060 g/mol. The van der Waals surface area contributed by atoms with Crippen molar-refractivity contribution in [1.29, 1.82) is 0 Å². The largest absolute Gasteiger partial charge is 0.314 e. The highest BCUT2D eigenvalue weighted by atomic mass is 15.4. The van der Waals surface area contributed by atoms with Gasteiger partial charge in [0.05, 0.1) is 0 Å². The lowest BCUT2D eigenvalue weighted by atomic mass is 9.88. The van der Waals surface area contributed by atoms with Gasteiger partial charge in [-0.2, -0.15) is 0 Å². The summed E-state index contributed by atoms with van der Waals surface area (Å²) in [6.07, 6.45) is 15.7. The standard InChI is InChI=1S/C84H66N4/c1-9-25-65(26-10-1)73-57-61-83(62-58-73,85(75-29-13-3-14-30-75)76-31-15-4-16-32-76)87(79-37-21-7-22-38-79)81-53-49-71(50-54-81)69-45-41-67(42-46-69)68-43-47-70(48-44-68)72-51-55-82(56-52-72)88(80-39-23-8-24-40-80)84(63-59-74(60-64-84)66-27-11-2-12-28-66)86(77-33-17-5-18-34-77)78-35-19-6-20-36-78/h1-61,63H,62,64H2. The number of rotatable bonds is 17. The molecule has 0 N–H and O–H groups in total. The average Bonchev–Trinajstić information content (AvgIpc) is 0.826. The summed E-state index contributed by atoms with van der Waals surface area (Å²) >= 11 is 0. The van der Waals surface area contributed by atoms with Gasteiger partial charge in [0.15, 0.2) is 0 Å². The molecule has 0 saturated carbocycles. The molecule has 14 rings (SSSR count). The lowest BCUT2D eigenvalue weighted by molar-refractivity contribution is 0.526. The Morgan fingerprint density at radius 2 is 0.364 bits per heavy atom. The second-order valence-corrected chi connectivity index (χ2v) is 22.5. The van der Waals surface area contributed by atoms with Gasteiger partial charge in [-0.1, -0.05) is 267 Å². The molecule has 422 valence electrons. The maximum atomic E-state index is 2.52. The number of para-hydroxylation sites is 6. The molecule has 0 saturated heterocycles. The monoisotopic (exact) mass is 1130 g/mol. The minimum absolute atomic E-state index is 0.677. The Hall–Kier alpha value is -11.2. The molecule has 0 radical (unpaired) electrons. The fraction of sp³-hybridized carbons (Fsp3) is 0.0476. The molecule has 0 spiro atoms. The van der Waals surface area contributed by atoms with Crippen LogP contribution >= 0.6 is 0 Å². The Balaban J connectivity index is 0.755. The van der Waals surface area contributed by atoms with Gasteiger partial charge in [0, 0.05) is 58.3 Å². The van der Waals surface area contributed by atoms with E-state index >= 15 is 0 Å². The van der Waals surface area contributed by atoms with E-state index in [1.807, 2.05) is 0 Å². The van der Waals surface area contributed by atoms with E-state index in [4.69, 9.17) is 0 Å². The molecule has 0 fully saturated rings. The van der Waals surface area contributed by atoms with Crippen molar-refractivity contribution in [2.45, 2.75) is 24.2 Å². The Morgan fingerprint density at radius 3 is 0.557 bits per heavy atom. The van der Waals surface area contributed by atoms with Gasteiger partial charge in [-0.05, 0) is 165 Å². The minimum Gasteiger partial charge on any atom is -0.314 e. The minimum atomic E-state index is -0.677. The van der Waals surface area contributed by atoms with Gasteiger partial charge in [-0.25, -0.2) is 0 Å². The molecule has 88 heavy (non-hydrogen) atoms. The van der Waals surface area contributed by atoms with Crippen molar-refractivity contribution in [3.63, 3.8) is 0 Å². The van der Waals surface area contributed by atoms with Gasteiger partial charge in [-0.15, -0.1) is 0 Å². The van der Waals surface area contributed by atoms with Crippen molar-refractivity contribution < 1.29 is 0 Å². The first-order valence-electron chi connectivity index (χ1n) is 30.4. The highest BCUT2D eigenvalue weighted by molar-refractivity contribution is 5.85. The van der Waals surface area contributed by atoms with Crippen molar-refractivity contribution in [1.82, 2.24) is 0 Å². The molecule has 2 aliphatic carbocycles. The third-order valence-corrected chi connectivity index (χ3v) is 17.2. The van der Waals surface area contributed by atoms with Crippen LogP contribution in [0.2, 0.25) is 0 Å². The van der Waals surface area contributed by atoms with Crippen LogP contribution in [0.1, 0.15) is 24.0 Å². The molecule has 4 heteroatoms. The maximum Gasteiger partial charge on any atom is 0.145 e. The quantitative estimate of drug-likeness (QED) is 0.0843. The van der Waals surface area contributed by atoms with Crippen LogP contribution in [0.3, 0.4) is 0 Å². The predicted molar refractivity (Wildman–Crippen MR) is 372 cm³/mol. The number of hydrogen-bond acceptors (Lipinski definition) is 4. The summed E-state index contributed by atoms with van der Waals surface area (Å²) in [5.41, 5.74) is 19.3. The topological polar surface area (TPSA) is 13.0 Å². The molecular formula is C84H66N4. The van der Waals surface area contributed by atoms with E-state index in [1.54, 1.807) is 0 Å². The number of nitrogens with zero attached hydrogens (tertiary/aromatic N) is 4. The van der Waals surface area contributed by atoms with Crippen LogP contribution in [0, 0.1) is 0 Å². The second-order valence-electron chi connectivity index (χ2n) is 22.5. The first-order valence-corrected chi connectivity index (χ1v) is 30.4. The summed E-state index contributed by atoms with van der Waals surface area (Å²) in [4.78, 5) is 10.0. The van der Waals surface area contributed by atoms with Gasteiger partial charge < -0.3 is 19.6 Å². The molecule has 0 bridgehead atoms. The van der Waals surface area contributed by atoms with Crippen molar-refractivity contribution >= 4 is 56.6 Å². The van der Waals surface area contributed by atoms with Crippen molar-refractivity contribution in [3.05, 3.63) is 387 Å². The normalized spacial score (nSPS) is 16.0. The number of allylic oxidation sites excluding steroid dienone is 4. The number of anilines is 8. The lowest BCUT2D eigenvalue weighted by Crippen LogP contribution is -2.57. The van der Waals surface area contributed by atoms with Crippen LogP contribution < -0.4 is 19.6 Å². The van der Waals surface area contributed by atoms with E-state index in [9.17, 15) is 0 Å². The van der Waals surface area contributed by atoms with Gasteiger partial charge in [0.2, 0.25) is 0 Å². The third-order valence-electron chi connectivity index (χ3n) is 17.2. The molecule has 12 aromatic carbocycles. The smallest absolute Gasteiger partial charge is 0.145 e. The fourth-order valence-corrected chi connectivity index (χ4v) is 13.0. The Labute approximate surface area is 518 Å². The third kappa shape index (κ3) is 11.0. The van der Waals surface area contributed by atoms with Gasteiger partial charge in [0.1, 0.15) is 11.3 Å². The van der Waals surface area contributed by atoms with Crippen LogP contribution in [-0.4, -0.2) is 11.3 Å². The van der Waals surface area contributed by atoms with E-state index in [0.29, 0.717) is 12.8 Å². The summed E-state index contributed by atoms with van der Waals surface area (Å²) in [5.74, 6) is 0. The Bertz CT molecular complexity index is 4000. The zero-order chi connectivity index (χ0) is 59.0. The second kappa shape index (κ2) is 24.8. The van der Waals surface area contributed by atoms with Crippen LogP contribution in [0.5, 0.6) is 0 Å². The van der Waals surface area contributed by atoms with Crippen molar-refractivity contribution in [2.75, 3.05) is 19.6 Å². The van der Waals surface area contributed by atoms with Crippen molar-refractivity contribution in [3.8, 4) is 33.4 Å². The van der Waals surface area contributed by atoms with E-state index in [-0.39, 0.29) is 0 Å². The van der Waals surface area contributed by atoms with E-state index < -0.39 is 11.3 Å². The molecule has 0 aromatic heterocycles. The molecule has 0 aliphatic heterocycles. The Morgan fingerprint density at radius 1 is 0.182 bits per heavy atom. The summed E-state index contributed by atoms with van der Waals surface area (Å²) in [6.45, 7) is 0. The number of benzene rings is 12. The SMILES string of the molecule is C1=CC(N(c2ccccc2)c2ccccc2)(N(c2ccccc2)c2ccc(-c3ccc(-c4ccc(-c5ccc(N(c6ccccc6)C6(N(c7ccccc7)c7ccccc7)C=CC(c7ccccc7)=CC6)cc5)cc4)cc3)cc2)CC=C1c1ccccc1. The lowest BCUT2D eigenvalue weighted by Gasteiger charge is -2.52.